The maximum Gasteiger partial charge on any atom is 0.309 e. The van der Waals surface area contributed by atoms with E-state index in [9.17, 15) is 4.79 Å². The zero-order chi connectivity index (χ0) is 17.0. The molecule has 8 nitrogen and oxygen atoms in total. The maximum atomic E-state index is 11.8. The van der Waals surface area contributed by atoms with Gasteiger partial charge in [0.25, 0.3) is 0 Å². The number of rotatable bonds is 5. The Labute approximate surface area is 137 Å². The van der Waals surface area contributed by atoms with Gasteiger partial charge >= 0.3 is 5.97 Å². The fraction of sp³-hybridized carbons (Fsp3) is 0.733. The number of nitrogen functional groups attached to an aromatic ring is 1. The summed E-state index contributed by atoms with van der Waals surface area (Å²) in [6.45, 7) is 5.95. The van der Waals surface area contributed by atoms with Crippen molar-refractivity contribution in [2.45, 2.75) is 32.7 Å². The van der Waals surface area contributed by atoms with E-state index in [0.717, 1.165) is 25.9 Å². The lowest BCUT2D eigenvalue weighted by Gasteiger charge is -2.34. The molecule has 0 aromatic carbocycles. The molecule has 128 valence electrons. The van der Waals surface area contributed by atoms with Crippen molar-refractivity contribution in [1.82, 2.24) is 19.9 Å². The summed E-state index contributed by atoms with van der Waals surface area (Å²) in [5, 5.41) is 0. The normalized spacial score (nSPS) is 17.7. The van der Waals surface area contributed by atoms with Crippen molar-refractivity contribution >= 4 is 17.9 Å². The standard InChI is InChI=1S/C15H26N6O2/c1-5-23-13(22)11-6-8-21(9-7-11)10(2)12-17-14(16)19-15(18-12)20(3)4/h10-11H,5-9H2,1-4H3,(H2,16,17,18,19)/t10-/m0/s1. The highest BCUT2D eigenvalue weighted by molar-refractivity contribution is 5.72. The minimum atomic E-state index is -0.0842. The summed E-state index contributed by atoms with van der Waals surface area (Å²) in [5.74, 6) is 1.36. The van der Waals surface area contributed by atoms with Gasteiger partial charge in [0, 0.05) is 14.1 Å². The second kappa shape index (κ2) is 7.54. The average molecular weight is 322 g/mol. The summed E-state index contributed by atoms with van der Waals surface area (Å²) in [4.78, 5) is 28.8. The highest BCUT2D eigenvalue weighted by Crippen LogP contribution is 2.26. The Hall–Kier alpha value is -1.96. The lowest BCUT2D eigenvalue weighted by molar-refractivity contribution is -0.149. The summed E-state index contributed by atoms with van der Waals surface area (Å²) < 4.78 is 5.11. The average Bonchev–Trinajstić information content (AvgIpc) is 2.54. The number of esters is 1. The van der Waals surface area contributed by atoms with Crippen LogP contribution in [0.2, 0.25) is 0 Å². The minimum absolute atomic E-state index is 0.000774. The predicted molar refractivity (Wildman–Crippen MR) is 87.9 cm³/mol. The Kier molecular flexibility index (Phi) is 5.70. The molecule has 2 N–H and O–H groups in total. The zero-order valence-corrected chi connectivity index (χ0v) is 14.3. The number of nitrogens with two attached hydrogens (primary N) is 1. The molecule has 1 aliphatic rings. The Morgan fingerprint density at radius 1 is 1.35 bits per heavy atom. The monoisotopic (exact) mass is 322 g/mol. The van der Waals surface area contributed by atoms with Gasteiger partial charge in [-0.1, -0.05) is 0 Å². The molecule has 1 aromatic heterocycles. The molecule has 0 bridgehead atoms. The third kappa shape index (κ3) is 4.28. The maximum absolute atomic E-state index is 11.8. The molecule has 8 heteroatoms. The van der Waals surface area contributed by atoms with Gasteiger partial charge in [0.2, 0.25) is 11.9 Å². The number of hydrogen-bond donors (Lipinski definition) is 1. The van der Waals surface area contributed by atoms with Crippen LogP contribution in [0.1, 0.15) is 38.6 Å². The molecular formula is C15H26N6O2. The van der Waals surface area contributed by atoms with Crippen LogP contribution in [0, 0.1) is 5.92 Å². The van der Waals surface area contributed by atoms with Crippen LogP contribution in [0.5, 0.6) is 0 Å². The molecule has 0 unspecified atom stereocenters. The van der Waals surface area contributed by atoms with E-state index in [2.05, 4.69) is 26.8 Å². The summed E-state index contributed by atoms with van der Waals surface area (Å²) in [5.41, 5.74) is 5.79. The SMILES string of the molecule is CCOC(=O)C1CCN([C@@H](C)c2nc(N)nc(N(C)C)n2)CC1. The van der Waals surface area contributed by atoms with Crippen LogP contribution in [-0.4, -0.2) is 59.6 Å². The summed E-state index contributed by atoms with van der Waals surface area (Å²) in [7, 11) is 3.74. The second-order valence-electron chi connectivity index (χ2n) is 5.98. The minimum Gasteiger partial charge on any atom is -0.466 e. The van der Waals surface area contributed by atoms with Crippen molar-refractivity contribution in [3.8, 4) is 0 Å². The van der Waals surface area contributed by atoms with Crippen molar-refractivity contribution in [1.29, 1.82) is 0 Å². The van der Waals surface area contributed by atoms with Crippen LogP contribution in [-0.2, 0) is 9.53 Å². The van der Waals surface area contributed by atoms with Gasteiger partial charge < -0.3 is 15.4 Å². The number of likely N-dealkylation sites (tertiary alicyclic amines) is 1. The quantitative estimate of drug-likeness (QED) is 0.797. The van der Waals surface area contributed by atoms with Crippen molar-refractivity contribution in [2.24, 2.45) is 5.92 Å². The van der Waals surface area contributed by atoms with E-state index in [1.165, 1.54) is 0 Å². The van der Waals surface area contributed by atoms with Crippen LogP contribution in [0.15, 0.2) is 0 Å². The Balaban J connectivity index is 2.02. The molecule has 0 amide bonds. The molecule has 0 radical (unpaired) electrons. The number of anilines is 2. The van der Waals surface area contributed by atoms with Gasteiger partial charge in [0.1, 0.15) is 0 Å². The molecule has 1 aromatic rings. The molecule has 0 spiro atoms. The molecule has 1 saturated heterocycles. The number of nitrogens with zero attached hydrogens (tertiary/aromatic N) is 5. The van der Waals surface area contributed by atoms with E-state index < -0.39 is 0 Å². The molecule has 23 heavy (non-hydrogen) atoms. The van der Waals surface area contributed by atoms with Crippen LogP contribution in [0.4, 0.5) is 11.9 Å². The number of ether oxygens (including phenoxy) is 1. The molecular weight excluding hydrogens is 296 g/mol. The number of carbonyl (C=O) groups is 1. The molecule has 1 fully saturated rings. The zero-order valence-electron chi connectivity index (χ0n) is 14.3. The molecule has 0 aliphatic carbocycles. The van der Waals surface area contributed by atoms with Crippen molar-refractivity contribution in [2.75, 3.05) is 44.4 Å². The van der Waals surface area contributed by atoms with Crippen LogP contribution < -0.4 is 10.6 Å². The Bertz CT molecular complexity index is 543. The molecule has 1 aliphatic heterocycles. The van der Waals surface area contributed by atoms with Crippen LogP contribution in [0.25, 0.3) is 0 Å². The fourth-order valence-corrected chi connectivity index (χ4v) is 2.73. The third-order valence-electron chi connectivity index (χ3n) is 4.13. The molecule has 2 rings (SSSR count). The molecule has 2 heterocycles. The van der Waals surface area contributed by atoms with Gasteiger partial charge in [-0.05, 0) is 39.8 Å². The summed E-state index contributed by atoms with van der Waals surface area (Å²) in [6, 6.07) is 0.0298. The largest absolute Gasteiger partial charge is 0.466 e. The lowest BCUT2D eigenvalue weighted by atomic mass is 9.96. The highest BCUT2D eigenvalue weighted by Gasteiger charge is 2.29. The van der Waals surface area contributed by atoms with E-state index in [0.29, 0.717) is 18.4 Å². The van der Waals surface area contributed by atoms with Crippen LogP contribution >= 0.6 is 0 Å². The second-order valence-corrected chi connectivity index (χ2v) is 5.98. The number of aromatic nitrogens is 3. The van der Waals surface area contributed by atoms with Crippen molar-refractivity contribution in [3.05, 3.63) is 5.82 Å². The van der Waals surface area contributed by atoms with Gasteiger partial charge in [-0.3, -0.25) is 9.69 Å². The Morgan fingerprint density at radius 3 is 2.57 bits per heavy atom. The van der Waals surface area contributed by atoms with Gasteiger partial charge in [0.05, 0.1) is 18.6 Å². The number of hydrogen-bond acceptors (Lipinski definition) is 8. The fourth-order valence-electron chi connectivity index (χ4n) is 2.73. The van der Waals surface area contributed by atoms with Gasteiger partial charge in [-0.2, -0.15) is 15.0 Å². The van der Waals surface area contributed by atoms with E-state index in [1.807, 2.05) is 21.0 Å². The first-order valence-corrected chi connectivity index (χ1v) is 8.01. The summed E-state index contributed by atoms with van der Waals surface area (Å²) in [6.07, 6.45) is 1.59. The highest BCUT2D eigenvalue weighted by atomic mass is 16.5. The van der Waals surface area contributed by atoms with E-state index in [4.69, 9.17) is 10.5 Å². The van der Waals surface area contributed by atoms with Crippen molar-refractivity contribution < 1.29 is 9.53 Å². The Morgan fingerprint density at radius 2 is 2.00 bits per heavy atom. The number of piperidine rings is 1. The number of carbonyl (C=O) groups excluding carboxylic acids is 1. The van der Waals surface area contributed by atoms with E-state index in [1.54, 1.807) is 4.90 Å². The summed E-state index contributed by atoms with van der Waals surface area (Å²) >= 11 is 0. The molecule has 1 atom stereocenters. The van der Waals surface area contributed by atoms with Gasteiger partial charge in [-0.25, -0.2) is 0 Å². The van der Waals surface area contributed by atoms with Crippen LogP contribution in [0.3, 0.4) is 0 Å². The first-order chi connectivity index (χ1) is 10.9. The lowest BCUT2D eigenvalue weighted by Crippen LogP contribution is -2.39. The predicted octanol–water partition coefficient (Wildman–Crippen LogP) is 0.856. The first kappa shape index (κ1) is 17.4. The van der Waals surface area contributed by atoms with E-state index >= 15 is 0 Å². The van der Waals surface area contributed by atoms with Gasteiger partial charge in [0.15, 0.2) is 5.82 Å². The van der Waals surface area contributed by atoms with E-state index in [-0.39, 0.29) is 23.9 Å². The first-order valence-electron chi connectivity index (χ1n) is 8.01. The smallest absolute Gasteiger partial charge is 0.309 e. The topological polar surface area (TPSA) is 97.5 Å². The molecule has 0 saturated carbocycles. The third-order valence-corrected chi connectivity index (χ3v) is 4.13. The van der Waals surface area contributed by atoms with Gasteiger partial charge in [-0.15, -0.1) is 0 Å². The van der Waals surface area contributed by atoms with Crippen molar-refractivity contribution in [3.63, 3.8) is 0 Å².